The third kappa shape index (κ3) is 3.78. The molecule has 2 amide bonds. The lowest BCUT2D eigenvalue weighted by Gasteiger charge is -2.22. The highest BCUT2D eigenvalue weighted by Crippen LogP contribution is 2.35. The van der Waals surface area contributed by atoms with E-state index in [4.69, 9.17) is 4.98 Å². The molecule has 5 nitrogen and oxygen atoms in total. The summed E-state index contributed by atoms with van der Waals surface area (Å²) in [5.41, 5.74) is 5.23. The van der Waals surface area contributed by atoms with Crippen molar-refractivity contribution in [3.63, 3.8) is 0 Å². The van der Waals surface area contributed by atoms with Crippen molar-refractivity contribution in [2.45, 2.75) is 26.7 Å². The van der Waals surface area contributed by atoms with Crippen LogP contribution in [0.4, 0.5) is 16.5 Å². The lowest BCUT2D eigenvalue weighted by atomic mass is 10.1. The monoisotopic (exact) mass is 441 g/mol. The molecule has 32 heavy (non-hydrogen) atoms. The Kier molecular flexibility index (Phi) is 5.23. The number of carbonyl (C=O) groups excluding carboxylic acids is 2. The summed E-state index contributed by atoms with van der Waals surface area (Å²) in [6, 6.07) is 21.3. The maximum Gasteiger partial charge on any atom is 0.264 e. The molecule has 1 fully saturated rings. The van der Waals surface area contributed by atoms with Crippen LogP contribution >= 0.6 is 11.3 Å². The van der Waals surface area contributed by atoms with Gasteiger partial charge in [0.05, 0.1) is 15.9 Å². The molecule has 2 heterocycles. The van der Waals surface area contributed by atoms with Gasteiger partial charge in [0.1, 0.15) is 0 Å². The normalized spacial score (nSPS) is 13.7. The van der Waals surface area contributed by atoms with Gasteiger partial charge in [-0.2, -0.15) is 0 Å². The predicted octanol–water partition coefficient (Wildman–Crippen LogP) is 6.02. The SMILES string of the molecule is Cc1cc(C)cc(N(C(=O)c2ccc(N3CCCC3=O)cc2)c2nc3ccccc3s2)c1. The van der Waals surface area contributed by atoms with E-state index in [2.05, 4.69) is 6.07 Å². The Hall–Kier alpha value is -3.51. The van der Waals surface area contributed by atoms with Gasteiger partial charge in [-0.1, -0.05) is 29.5 Å². The Labute approximate surface area is 190 Å². The van der Waals surface area contributed by atoms with E-state index in [0.29, 0.717) is 17.1 Å². The van der Waals surface area contributed by atoms with E-state index < -0.39 is 0 Å². The van der Waals surface area contributed by atoms with Crippen LogP contribution in [-0.4, -0.2) is 23.3 Å². The summed E-state index contributed by atoms with van der Waals surface area (Å²) in [6.45, 7) is 4.78. The van der Waals surface area contributed by atoms with Crippen LogP contribution in [0.1, 0.15) is 34.3 Å². The van der Waals surface area contributed by atoms with E-state index in [1.165, 1.54) is 11.3 Å². The molecule has 0 unspecified atom stereocenters. The summed E-state index contributed by atoms with van der Waals surface area (Å²) in [5, 5.41) is 0.639. The summed E-state index contributed by atoms with van der Waals surface area (Å²) in [6.07, 6.45) is 1.45. The smallest absolute Gasteiger partial charge is 0.264 e. The predicted molar refractivity (Wildman–Crippen MR) is 130 cm³/mol. The summed E-state index contributed by atoms with van der Waals surface area (Å²) in [4.78, 5) is 34.1. The number of hydrogen-bond donors (Lipinski definition) is 0. The van der Waals surface area contributed by atoms with Crippen LogP contribution in [0.25, 0.3) is 10.2 Å². The lowest BCUT2D eigenvalue weighted by molar-refractivity contribution is -0.117. The first kappa shape index (κ1) is 20.4. The molecule has 5 rings (SSSR count). The molecule has 0 bridgehead atoms. The maximum atomic E-state index is 13.8. The molecule has 0 N–H and O–H groups in total. The Morgan fingerprint density at radius 2 is 1.72 bits per heavy atom. The van der Waals surface area contributed by atoms with Crippen molar-refractivity contribution in [2.24, 2.45) is 0 Å². The van der Waals surface area contributed by atoms with E-state index in [0.717, 1.165) is 45.7 Å². The zero-order chi connectivity index (χ0) is 22.2. The first-order valence-electron chi connectivity index (χ1n) is 10.7. The number of thiazole rings is 1. The minimum Gasteiger partial charge on any atom is -0.312 e. The quantitative estimate of drug-likeness (QED) is 0.389. The standard InChI is InChI=1S/C26H23N3O2S/c1-17-14-18(2)16-21(15-17)29(26-27-22-6-3-4-7-23(22)32-26)25(31)19-9-11-20(12-10-19)28-13-5-8-24(28)30/h3-4,6-7,9-12,14-16H,5,8,13H2,1-2H3. The van der Waals surface area contributed by atoms with Crippen LogP contribution < -0.4 is 9.80 Å². The summed E-state index contributed by atoms with van der Waals surface area (Å²) in [7, 11) is 0. The van der Waals surface area contributed by atoms with Crippen LogP contribution in [0.2, 0.25) is 0 Å². The van der Waals surface area contributed by atoms with Crippen molar-refractivity contribution in [2.75, 3.05) is 16.3 Å². The van der Waals surface area contributed by atoms with Crippen LogP contribution in [0.5, 0.6) is 0 Å². The fraction of sp³-hybridized carbons (Fsp3) is 0.192. The fourth-order valence-corrected chi connectivity index (χ4v) is 5.17. The number of anilines is 3. The van der Waals surface area contributed by atoms with Crippen molar-refractivity contribution < 1.29 is 9.59 Å². The van der Waals surface area contributed by atoms with Gasteiger partial charge in [-0.3, -0.25) is 14.5 Å². The van der Waals surface area contributed by atoms with E-state index in [1.54, 1.807) is 21.9 Å². The van der Waals surface area contributed by atoms with Gasteiger partial charge in [-0.05, 0) is 79.9 Å². The molecule has 0 atom stereocenters. The number of benzene rings is 3. The Morgan fingerprint density at radius 3 is 2.38 bits per heavy atom. The number of aromatic nitrogens is 1. The zero-order valence-electron chi connectivity index (χ0n) is 18.0. The molecule has 1 aromatic heterocycles. The van der Waals surface area contributed by atoms with Crippen molar-refractivity contribution in [3.8, 4) is 0 Å². The summed E-state index contributed by atoms with van der Waals surface area (Å²) < 4.78 is 1.03. The van der Waals surface area contributed by atoms with E-state index in [9.17, 15) is 9.59 Å². The van der Waals surface area contributed by atoms with Gasteiger partial charge in [0.2, 0.25) is 5.91 Å². The van der Waals surface area contributed by atoms with Gasteiger partial charge in [0.15, 0.2) is 5.13 Å². The van der Waals surface area contributed by atoms with Crippen molar-refractivity contribution in [1.29, 1.82) is 0 Å². The third-order valence-electron chi connectivity index (χ3n) is 5.64. The molecule has 0 aliphatic carbocycles. The van der Waals surface area contributed by atoms with Crippen LogP contribution in [0.15, 0.2) is 66.7 Å². The molecule has 3 aromatic carbocycles. The minimum absolute atomic E-state index is 0.135. The molecule has 0 spiro atoms. The molecule has 6 heteroatoms. The second-order valence-corrected chi connectivity index (χ2v) is 9.16. The Balaban J connectivity index is 1.56. The Morgan fingerprint density at radius 1 is 1.00 bits per heavy atom. The van der Waals surface area contributed by atoms with Crippen LogP contribution in [0.3, 0.4) is 0 Å². The maximum absolute atomic E-state index is 13.8. The van der Waals surface area contributed by atoms with Gasteiger partial charge in [0, 0.05) is 24.2 Å². The molecule has 4 aromatic rings. The second-order valence-electron chi connectivity index (χ2n) is 8.15. The number of amides is 2. The Bertz CT molecular complexity index is 1270. The number of hydrogen-bond acceptors (Lipinski definition) is 4. The minimum atomic E-state index is -0.145. The zero-order valence-corrected chi connectivity index (χ0v) is 18.9. The number of carbonyl (C=O) groups is 2. The number of rotatable bonds is 4. The number of aryl methyl sites for hydroxylation is 2. The molecular weight excluding hydrogens is 418 g/mol. The fourth-order valence-electron chi connectivity index (χ4n) is 4.18. The first-order valence-corrected chi connectivity index (χ1v) is 11.5. The molecule has 160 valence electrons. The second kappa shape index (κ2) is 8.20. The third-order valence-corrected chi connectivity index (χ3v) is 6.66. The molecule has 1 saturated heterocycles. The van der Waals surface area contributed by atoms with Crippen LogP contribution in [-0.2, 0) is 4.79 Å². The topological polar surface area (TPSA) is 53.5 Å². The average molecular weight is 442 g/mol. The summed E-state index contributed by atoms with van der Waals surface area (Å²) >= 11 is 1.50. The van der Waals surface area contributed by atoms with Gasteiger partial charge in [0.25, 0.3) is 5.91 Å². The highest BCUT2D eigenvalue weighted by molar-refractivity contribution is 7.22. The molecule has 1 aliphatic rings. The van der Waals surface area contributed by atoms with Crippen LogP contribution in [0, 0.1) is 13.8 Å². The molecular formula is C26H23N3O2S. The van der Waals surface area contributed by atoms with Crippen molar-refractivity contribution >= 4 is 49.9 Å². The summed E-state index contributed by atoms with van der Waals surface area (Å²) in [5.74, 6) is -0.0104. The number of fused-ring (bicyclic) bond motifs is 1. The van der Waals surface area contributed by atoms with E-state index in [1.807, 2.05) is 62.4 Å². The number of nitrogens with zero attached hydrogens (tertiary/aromatic N) is 3. The largest absolute Gasteiger partial charge is 0.312 e. The van der Waals surface area contributed by atoms with E-state index in [-0.39, 0.29) is 11.8 Å². The number of para-hydroxylation sites is 1. The van der Waals surface area contributed by atoms with Gasteiger partial charge < -0.3 is 4.90 Å². The van der Waals surface area contributed by atoms with Gasteiger partial charge >= 0.3 is 0 Å². The van der Waals surface area contributed by atoms with Gasteiger partial charge in [-0.25, -0.2) is 4.98 Å². The lowest BCUT2D eigenvalue weighted by Crippen LogP contribution is -2.26. The van der Waals surface area contributed by atoms with Crippen molar-refractivity contribution in [1.82, 2.24) is 4.98 Å². The van der Waals surface area contributed by atoms with Crippen molar-refractivity contribution in [3.05, 3.63) is 83.4 Å². The highest BCUT2D eigenvalue weighted by atomic mass is 32.1. The first-order chi connectivity index (χ1) is 15.5. The average Bonchev–Trinajstić information content (AvgIpc) is 3.39. The molecule has 1 aliphatic heterocycles. The molecule has 0 radical (unpaired) electrons. The van der Waals surface area contributed by atoms with Gasteiger partial charge in [-0.15, -0.1) is 0 Å². The highest BCUT2D eigenvalue weighted by Gasteiger charge is 2.25. The molecule has 0 saturated carbocycles. The van der Waals surface area contributed by atoms with E-state index >= 15 is 0 Å².